The first-order valence-corrected chi connectivity index (χ1v) is 8.36. The summed E-state index contributed by atoms with van der Waals surface area (Å²) in [5.74, 6) is -4.59. The summed E-state index contributed by atoms with van der Waals surface area (Å²) in [7, 11) is -3.85. The van der Waals surface area contributed by atoms with Crippen LogP contribution >= 0.6 is 0 Å². The van der Waals surface area contributed by atoms with Gasteiger partial charge in [-0.15, -0.1) is 0 Å². The van der Waals surface area contributed by atoms with Crippen molar-refractivity contribution in [2.45, 2.75) is 48.0 Å². The van der Waals surface area contributed by atoms with E-state index in [1.165, 1.54) is 24.3 Å². The Morgan fingerprint density at radius 3 is 2.23 bits per heavy atom. The summed E-state index contributed by atoms with van der Waals surface area (Å²) < 4.78 is 52.9. The van der Waals surface area contributed by atoms with Gasteiger partial charge in [0.2, 0.25) is 10.0 Å². The Hall–Kier alpha value is -1.54. The van der Waals surface area contributed by atoms with E-state index >= 15 is 0 Å². The fraction of sp³-hybridized carbons (Fsp3) is 0.500. The van der Waals surface area contributed by atoms with Crippen LogP contribution in [0.5, 0.6) is 0 Å². The number of aliphatic carboxylic acids is 1. The fourth-order valence-corrected chi connectivity index (χ4v) is 4.01. The molecule has 2 aliphatic rings. The Morgan fingerprint density at radius 1 is 1.27 bits per heavy atom. The highest BCUT2D eigenvalue weighted by molar-refractivity contribution is 7.89. The number of hydrogen-bond donors (Lipinski definition) is 2. The van der Waals surface area contributed by atoms with Crippen molar-refractivity contribution in [2.24, 2.45) is 0 Å². The lowest BCUT2D eigenvalue weighted by Gasteiger charge is -2.15. The minimum Gasteiger partial charge on any atom is -0.481 e. The van der Waals surface area contributed by atoms with Crippen LogP contribution in [0.2, 0.25) is 0 Å². The van der Waals surface area contributed by atoms with Crippen molar-refractivity contribution in [3.05, 3.63) is 29.8 Å². The number of hydrogen-bond acceptors (Lipinski definition) is 3. The quantitative estimate of drug-likeness (QED) is 0.836. The minimum atomic E-state index is -3.85. The van der Waals surface area contributed by atoms with E-state index < -0.39 is 33.4 Å². The second-order valence-corrected chi connectivity index (χ2v) is 7.73. The lowest BCUT2D eigenvalue weighted by molar-refractivity contribution is -0.137. The fourth-order valence-electron chi connectivity index (χ4n) is 2.55. The van der Waals surface area contributed by atoms with Gasteiger partial charge in [0, 0.05) is 12.0 Å². The molecule has 120 valence electrons. The van der Waals surface area contributed by atoms with Crippen LogP contribution in [-0.2, 0) is 14.8 Å². The van der Waals surface area contributed by atoms with Crippen LogP contribution in [0, 0.1) is 0 Å². The third-order valence-electron chi connectivity index (χ3n) is 4.11. The SMILES string of the molecule is O=C(O)CC1(NS(=O)(=O)c2ccc(C3CC3(F)F)cc2)CC1. The Labute approximate surface area is 126 Å². The van der Waals surface area contributed by atoms with Gasteiger partial charge in [-0.1, -0.05) is 12.1 Å². The van der Waals surface area contributed by atoms with Crippen molar-refractivity contribution in [3.8, 4) is 0 Å². The molecule has 0 aliphatic heterocycles. The number of carboxylic acid groups (broad SMARTS) is 1. The first-order chi connectivity index (χ1) is 10.1. The van der Waals surface area contributed by atoms with Gasteiger partial charge in [0.25, 0.3) is 5.92 Å². The minimum absolute atomic E-state index is 0.0446. The maximum Gasteiger partial charge on any atom is 0.305 e. The van der Waals surface area contributed by atoms with E-state index in [0.717, 1.165) is 0 Å². The van der Waals surface area contributed by atoms with Gasteiger partial charge in [-0.25, -0.2) is 21.9 Å². The zero-order chi connectivity index (χ0) is 16.2. The zero-order valence-electron chi connectivity index (χ0n) is 11.6. The van der Waals surface area contributed by atoms with E-state index in [0.29, 0.717) is 18.4 Å². The molecule has 2 N–H and O–H groups in total. The van der Waals surface area contributed by atoms with E-state index in [9.17, 15) is 22.0 Å². The largest absolute Gasteiger partial charge is 0.481 e. The normalized spacial score (nSPS) is 24.7. The Balaban J connectivity index is 1.74. The highest BCUT2D eigenvalue weighted by atomic mass is 32.2. The molecule has 0 radical (unpaired) electrons. The molecule has 1 unspecified atom stereocenters. The summed E-state index contributed by atoms with van der Waals surface area (Å²) in [6.45, 7) is 0. The molecule has 0 amide bonds. The van der Waals surface area contributed by atoms with Gasteiger partial charge in [0.1, 0.15) is 0 Å². The average Bonchev–Trinajstić information content (AvgIpc) is 3.27. The van der Waals surface area contributed by atoms with Crippen molar-refractivity contribution in [2.75, 3.05) is 0 Å². The van der Waals surface area contributed by atoms with Crippen molar-refractivity contribution in [1.29, 1.82) is 0 Å². The number of carboxylic acids is 1. The second kappa shape index (κ2) is 4.73. The maximum atomic E-state index is 13.0. The number of carbonyl (C=O) groups is 1. The molecule has 5 nitrogen and oxygen atoms in total. The van der Waals surface area contributed by atoms with Gasteiger partial charge in [-0.2, -0.15) is 0 Å². The number of benzene rings is 1. The Bertz CT molecular complexity index is 711. The first-order valence-electron chi connectivity index (χ1n) is 6.87. The summed E-state index contributed by atoms with van der Waals surface area (Å²) >= 11 is 0. The highest BCUT2D eigenvalue weighted by Gasteiger charge is 2.57. The molecule has 0 saturated heterocycles. The molecule has 2 saturated carbocycles. The topological polar surface area (TPSA) is 83.5 Å². The molecule has 3 rings (SSSR count). The first kappa shape index (κ1) is 15.4. The predicted molar refractivity (Wildman–Crippen MR) is 73.3 cm³/mol. The number of halogens is 2. The molecular formula is C14H15F2NO4S. The van der Waals surface area contributed by atoms with Crippen molar-refractivity contribution < 1.29 is 27.1 Å². The van der Waals surface area contributed by atoms with Crippen LogP contribution in [0.3, 0.4) is 0 Å². The van der Waals surface area contributed by atoms with E-state index in [1.54, 1.807) is 0 Å². The summed E-state index contributed by atoms with van der Waals surface area (Å²) in [6.07, 6.45) is 0.480. The summed E-state index contributed by atoms with van der Waals surface area (Å²) in [4.78, 5) is 10.7. The molecule has 0 aromatic heterocycles. The Morgan fingerprint density at radius 2 is 1.82 bits per heavy atom. The molecule has 0 bridgehead atoms. The van der Waals surface area contributed by atoms with Crippen LogP contribution in [0.4, 0.5) is 8.78 Å². The summed E-state index contributed by atoms with van der Waals surface area (Å²) in [5, 5.41) is 8.80. The van der Waals surface area contributed by atoms with Crippen LogP contribution < -0.4 is 4.72 Å². The number of alkyl halides is 2. The molecule has 2 fully saturated rings. The average molecular weight is 331 g/mol. The predicted octanol–water partition coefficient (Wildman–Crippen LogP) is 2.09. The molecule has 1 aromatic rings. The van der Waals surface area contributed by atoms with Gasteiger partial charge in [-0.3, -0.25) is 4.79 Å². The highest BCUT2D eigenvalue weighted by Crippen LogP contribution is 2.55. The van der Waals surface area contributed by atoms with E-state index in [2.05, 4.69) is 4.72 Å². The lowest BCUT2D eigenvalue weighted by atomic mass is 10.1. The van der Waals surface area contributed by atoms with E-state index in [4.69, 9.17) is 5.11 Å². The molecule has 1 aromatic carbocycles. The van der Waals surface area contributed by atoms with E-state index in [1.807, 2.05) is 0 Å². The lowest BCUT2D eigenvalue weighted by Crippen LogP contribution is -2.38. The molecule has 0 heterocycles. The number of sulfonamides is 1. The summed E-state index contributed by atoms with van der Waals surface area (Å²) in [5.41, 5.74) is -0.497. The third-order valence-corrected chi connectivity index (χ3v) is 5.71. The van der Waals surface area contributed by atoms with Crippen LogP contribution in [-0.4, -0.2) is 31.0 Å². The molecule has 8 heteroatoms. The van der Waals surface area contributed by atoms with E-state index in [-0.39, 0.29) is 17.7 Å². The van der Waals surface area contributed by atoms with Gasteiger partial charge in [-0.05, 0) is 30.5 Å². The van der Waals surface area contributed by atoms with Gasteiger partial charge in [0.15, 0.2) is 0 Å². The molecule has 0 spiro atoms. The standard InChI is InChI=1S/C14H15F2NO4S/c15-14(16)7-11(14)9-1-3-10(4-2-9)22(20,21)17-13(5-6-13)8-12(18)19/h1-4,11,17H,5-8H2,(H,18,19). The monoisotopic (exact) mass is 331 g/mol. The van der Waals surface area contributed by atoms with Crippen molar-refractivity contribution in [3.63, 3.8) is 0 Å². The van der Waals surface area contributed by atoms with Crippen molar-refractivity contribution >= 4 is 16.0 Å². The molecule has 22 heavy (non-hydrogen) atoms. The molecule has 1 atom stereocenters. The summed E-state index contributed by atoms with van der Waals surface area (Å²) in [6, 6.07) is 5.33. The number of rotatable bonds is 6. The number of nitrogens with one attached hydrogen (secondary N) is 1. The smallest absolute Gasteiger partial charge is 0.305 e. The molecular weight excluding hydrogens is 316 g/mol. The van der Waals surface area contributed by atoms with Gasteiger partial charge >= 0.3 is 5.97 Å². The zero-order valence-corrected chi connectivity index (χ0v) is 12.4. The van der Waals surface area contributed by atoms with Crippen LogP contribution in [0.15, 0.2) is 29.2 Å². The Kier molecular flexibility index (Phi) is 3.30. The van der Waals surface area contributed by atoms with Crippen LogP contribution in [0.1, 0.15) is 37.2 Å². The van der Waals surface area contributed by atoms with Crippen LogP contribution in [0.25, 0.3) is 0 Å². The third kappa shape index (κ3) is 2.98. The van der Waals surface area contributed by atoms with Gasteiger partial charge < -0.3 is 5.11 Å². The maximum absolute atomic E-state index is 13.0. The molecule has 2 aliphatic carbocycles. The van der Waals surface area contributed by atoms with Gasteiger partial charge in [0.05, 0.1) is 17.2 Å². The van der Waals surface area contributed by atoms with Crippen molar-refractivity contribution in [1.82, 2.24) is 4.72 Å². The second-order valence-electron chi connectivity index (χ2n) is 6.04.